The molecule has 0 aliphatic rings. The third kappa shape index (κ3) is 4.72. The van der Waals surface area contributed by atoms with E-state index in [1.54, 1.807) is 19.6 Å². The summed E-state index contributed by atoms with van der Waals surface area (Å²) in [6.07, 6.45) is 3.47. The van der Waals surface area contributed by atoms with Crippen molar-refractivity contribution < 1.29 is 9.15 Å². The van der Waals surface area contributed by atoms with Gasteiger partial charge in [0.2, 0.25) is 0 Å². The molecule has 108 valence electrons. The van der Waals surface area contributed by atoms with E-state index in [0.29, 0.717) is 0 Å². The first-order valence-electron chi connectivity index (χ1n) is 6.81. The van der Waals surface area contributed by atoms with Gasteiger partial charge in [-0.3, -0.25) is 0 Å². The highest BCUT2D eigenvalue weighted by Crippen LogP contribution is 2.12. The summed E-state index contributed by atoms with van der Waals surface area (Å²) in [5, 5.41) is 3.40. The zero-order valence-electron chi connectivity index (χ0n) is 12.1. The van der Waals surface area contributed by atoms with E-state index >= 15 is 0 Å². The third-order valence-electron chi connectivity index (χ3n) is 3.19. The summed E-state index contributed by atoms with van der Waals surface area (Å²) in [7, 11) is 3.82. The van der Waals surface area contributed by atoms with Crippen LogP contribution in [0.15, 0.2) is 47.3 Å². The van der Waals surface area contributed by atoms with Crippen LogP contribution in [-0.2, 0) is 13.1 Å². The number of nitrogens with one attached hydrogen (secondary N) is 1. The van der Waals surface area contributed by atoms with Gasteiger partial charge in [-0.1, -0.05) is 12.1 Å². The van der Waals surface area contributed by atoms with Crippen LogP contribution in [0.1, 0.15) is 11.1 Å². The van der Waals surface area contributed by atoms with Gasteiger partial charge in [-0.05, 0) is 30.8 Å². The Labute approximate surface area is 120 Å². The molecule has 0 aliphatic carbocycles. The lowest BCUT2D eigenvalue weighted by Gasteiger charge is -2.17. The minimum atomic E-state index is 0.854. The predicted molar refractivity (Wildman–Crippen MR) is 79.7 cm³/mol. The minimum absolute atomic E-state index is 0.854. The molecule has 0 spiro atoms. The number of hydrogen-bond donors (Lipinski definition) is 1. The van der Waals surface area contributed by atoms with Crippen molar-refractivity contribution in [3.8, 4) is 5.75 Å². The molecule has 0 amide bonds. The monoisotopic (exact) mass is 274 g/mol. The second kappa shape index (κ2) is 7.72. The highest BCUT2D eigenvalue weighted by molar-refractivity contribution is 5.27. The van der Waals surface area contributed by atoms with Crippen molar-refractivity contribution in [3.05, 3.63) is 54.0 Å². The summed E-state index contributed by atoms with van der Waals surface area (Å²) >= 11 is 0. The van der Waals surface area contributed by atoms with Gasteiger partial charge in [0.1, 0.15) is 5.75 Å². The molecule has 1 aromatic heterocycles. The predicted octanol–water partition coefficient (Wildman–Crippen LogP) is 2.51. The molecule has 0 radical (unpaired) electrons. The highest BCUT2D eigenvalue weighted by atomic mass is 16.5. The topological polar surface area (TPSA) is 37.6 Å². The summed E-state index contributed by atoms with van der Waals surface area (Å²) in [6, 6.07) is 10.2. The smallest absolute Gasteiger partial charge is 0.118 e. The van der Waals surface area contributed by atoms with Gasteiger partial charge in [0.05, 0.1) is 19.6 Å². The minimum Gasteiger partial charge on any atom is -0.497 e. The van der Waals surface area contributed by atoms with E-state index in [1.807, 2.05) is 18.2 Å². The fourth-order valence-electron chi connectivity index (χ4n) is 2.02. The molecule has 0 unspecified atom stereocenters. The van der Waals surface area contributed by atoms with Crippen LogP contribution in [0.4, 0.5) is 0 Å². The van der Waals surface area contributed by atoms with E-state index in [-0.39, 0.29) is 0 Å². The first kappa shape index (κ1) is 14.6. The van der Waals surface area contributed by atoms with Crippen LogP contribution in [0.5, 0.6) is 5.75 Å². The number of rotatable bonds is 8. The van der Waals surface area contributed by atoms with E-state index in [9.17, 15) is 0 Å². The molecule has 2 aromatic rings. The zero-order chi connectivity index (χ0) is 14.2. The summed E-state index contributed by atoms with van der Waals surface area (Å²) in [4.78, 5) is 2.30. The Bertz CT molecular complexity index is 480. The van der Waals surface area contributed by atoms with Crippen LogP contribution >= 0.6 is 0 Å². The number of likely N-dealkylation sites (N-methyl/N-ethyl adjacent to an activating group) is 1. The molecule has 0 fully saturated rings. The Hall–Kier alpha value is -1.78. The quantitative estimate of drug-likeness (QED) is 0.751. The van der Waals surface area contributed by atoms with Crippen molar-refractivity contribution in [1.29, 1.82) is 0 Å². The summed E-state index contributed by atoms with van der Waals surface area (Å²) in [6.45, 7) is 3.76. The SMILES string of the molecule is COc1ccc(CN(C)CCNCc2ccoc2)cc1. The molecule has 0 bridgehead atoms. The van der Waals surface area contributed by atoms with Gasteiger partial charge in [0, 0.05) is 31.7 Å². The molecule has 2 rings (SSSR count). The normalized spacial score (nSPS) is 10.9. The van der Waals surface area contributed by atoms with Crippen molar-refractivity contribution in [2.45, 2.75) is 13.1 Å². The fourth-order valence-corrected chi connectivity index (χ4v) is 2.02. The molecular formula is C16H22N2O2. The van der Waals surface area contributed by atoms with Crippen molar-refractivity contribution in [1.82, 2.24) is 10.2 Å². The molecular weight excluding hydrogens is 252 g/mol. The number of benzene rings is 1. The molecule has 0 saturated heterocycles. The Balaban J connectivity index is 1.65. The lowest BCUT2D eigenvalue weighted by molar-refractivity contribution is 0.324. The Morgan fingerprint density at radius 1 is 1.15 bits per heavy atom. The van der Waals surface area contributed by atoms with E-state index in [4.69, 9.17) is 9.15 Å². The molecule has 20 heavy (non-hydrogen) atoms. The maximum atomic E-state index is 5.16. The van der Waals surface area contributed by atoms with Gasteiger partial charge in [-0.2, -0.15) is 0 Å². The van der Waals surface area contributed by atoms with Gasteiger partial charge >= 0.3 is 0 Å². The first-order chi connectivity index (χ1) is 9.78. The maximum Gasteiger partial charge on any atom is 0.118 e. The van der Waals surface area contributed by atoms with Crippen molar-refractivity contribution in [2.75, 3.05) is 27.2 Å². The van der Waals surface area contributed by atoms with Crippen molar-refractivity contribution in [3.63, 3.8) is 0 Å². The summed E-state index contributed by atoms with van der Waals surface area (Å²) < 4.78 is 10.2. The molecule has 1 heterocycles. The Morgan fingerprint density at radius 3 is 2.60 bits per heavy atom. The van der Waals surface area contributed by atoms with Gasteiger partial charge in [-0.15, -0.1) is 0 Å². The zero-order valence-corrected chi connectivity index (χ0v) is 12.1. The third-order valence-corrected chi connectivity index (χ3v) is 3.19. The summed E-state index contributed by atoms with van der Waals surface area (Å²) in [5.74, 6) is 0.901. The van der Waals surface area contributed by atoms with Crippen LogP contribution in [-0.4, -0.2) is 32.1 Å². The standard InChI is InChI=1S/C16H22N2O2/c1-18(9-8-17-11-15-7-10-20-13-15)12-14-3-5-16(19-2)6-4-14/h3-7,10,13,17H,8-9,11-12H2,1-2H3. The number of methoxy groups -OCH3 is 1. The van der Waals surface area contributed by atoms with Gasteiger partial charge < -0.3 is 19.4 Å². The molecule has 4 heteroatoms. The largest absolute Gasteiger partial charge is 0.497 e. The molecule has 0 atom stereocenters. The van der Waals surface area contributed by atoms with Gasteiger partial charge in [0.25, 0.3) is 0 Å². The van der Waals surface area contributed by atoms with Crippen LogP contribution < -0.4 is 10.1 Å². The van der Waals surface area contributed by atoms with Crippen molar-refractivity contribution >= 4 is 0 Å². The number of furan rings is 1. The Morgan fingerprint density at radius 2 is 1.95 bits per heavy atom. The molecule has 0 aliphatic heterocycles. The van der Waals surface area contributed by atoms with Crippen molar-refractivity contribution in [2.24, 2.45) is 0 Å². The van der Waals surface area contributed by atoms with Crippen LogP contribution in [0.25, 0.3) is 0 Å². The van der Waals surface area contributed by atoms with E-state index in [0.717, 1.165) is 31.9 Å². The highest BCUT2D eigenvalue weighted by Gasteiger charge is 2.01. The van der Waals surface area contributed by atoms with E-state index in [2.05, 4.69) is 29.4 Å². The van der Waals surface area contributed by atoms with Crippen LogP contribution in [0.3, 0.4) is 0 Å². The molecule has 4 nitrogen and oxygen atoms in total. The fraction of sp³-hybridized carbons (Fsp3) is 0.375. The van der Waals surface area contributed by atoms with Crippen LogP contribution in [0.2, 0.25) is 0 Å². The average Bonchev–Trinajstić information content (AvgIpc) is 2.98. The number of nitrogens with zero attached hydrogens (tertiary/aromatic N) is 1. The average molecular weight is 274 g/mol. The maximum absolute atomic E-state index is 5.16. The summed E-state index contributed by atoms with van der Waals surface area (Å²) in [5.41, 5.74) is 2.48. The lowest BCUT2D eigenvalue weighted by Crippen LogP contribution is -2.28. The first-order valence-corrected chi connectivity index (χ1v) is 6.81. The Kier molecular flexibility index (Phi) is 5.65. The van der Waals surface area contributed by atoms with Gasteiger partial charge in [0.15, 0.2) is 0 Å². The molecule has 0 saturated carbocycles. The molecule has 1 aromatic carbocycles. The lowest BCUT2D eigenvalue weighted by atomic mass is 10.2. The van der Waals surface area contributed by atoms with E-state index < -0.39 is 0 Å². The second-order valence-electron chi connectivity index (χ2n) is 4.89. The van der Waals surface area contributed by atoms with E-state index in [1.165, 1.54) is 11.1 Å². The second-order valence-corrected chi connectivity index (χ2v) is 4.89. The number of ether oxygens (including phenoxy) is 1. The van der Waals surface area contributed by atoms with Gasteiger partial charge in [-0.25, -0.2) is 0 Å². The molecule has 1 N–H and O–H groups in total. The van der Waals surface area contributed by atoms with Crippen LogP contribution in [0, 0.1) is 0 Å². The number of hydrogen-bond acceptors (Lipinski definition) is 4.